The fourth-order valence-corrected chi connectivity index (χ4v) is 3.98. The van der Waals surface area contributed by atoms with Crippen molar-refractivity contribution in [2.45, 2.75) is 51.6 Å². The lowest BCUT2D eigenvalue weighted by molar-refractivity contribution is -0.135. The molecule has 0 saturated carbocycles. The van der Waals surface area contributed by atoms with Crippen LogP contribution >= 0.6 is 11.8 Å². The van der Waals surface area contributed by atoms with Crippen LogP contribution in [0.15, 0.2) is 0 Å². The van der Waals surface area contributed by atoms with Gasteiger partial charge >= 0.3 is 0 Å². The number of amides is 2. The predicted octanol–water partition coefficient (Wildman–Crippen LogP) is 1.65. The maximum atomic E-state index is 12.6. The average molecular weight is 284 g/mol. The molecule has 0 bridgehead atoms. The van der Waals surface area contributed by atoms with Gasteiger partial charge < -0.3 is 10.2 Å². The lowest BCUT2D eigenvalue weighted by Gasteiger charge is -2.34. The van der Waals surface area contributed by atoms with Crippen molar-refractivity contribution >= 4 is 23.6 Å². The van der Waals surface area contributed by atoms with Gasteiger partial charge in [0, 0.05) is 24.8 Å². The summed E-state index contributed by atoms with van der Waals surface area (Å²) >= 11 is 1.92. The highest BCUT2D eigenvalue weighted by atomic mass is 32.2. The first-order valence-electron chi connectivity index (χ1n) is 7.25. The molecule has 0 spiro atoms. The Kier molecular flexibility index (Phi) is 5.13. The van der Waals surface area contributed by atoms with Gasteiger partial charge in [0.2, 0.25) is 11.8 Å². The number of nitrogens with one attached hydrogen (secondary N) is 1. The zero-order valence-corrected chi connectivity index (χ0v) is 12.7. The van der Waals surface area contributed by atoms with Gasteiger partial charge in [-0.2, -0.15) is 11.8 Å². The summed E-state index contributed by atoms with van der Waals surface area (Å²) in [6.45, 7) is 4.76. The predicted molar refractivity (Wildman–Crippen MR) is 78.1 cm³/mol. The maximum Gasteiger partial charge on any atom is 0.245 e. The fourth-order valence-electron chi connectivity index (χ4n) is 2.82. The average Bonchev–Trinajstić information content (AvgIpc) is 2.51. The highest BCUT2D eigenvalue weighted by molar-refractivity contribution is 7.99. The molecule has 2 unspecified atom stereocenters. The van der Waals surface area contributed by atoms with Gasteiger partial charge in [-0.05, 0) is 30.9 Å². The van der Waals surface area contributed by atoms with E-state index in [0.717, 1.165) is 18.6 Å². The minimum atomic E-state index is -0.318. The SMILES string of the molecule is CC(C)CC1NC(=O)CCN(C2CCCSC2)C1=O. The van der Waals surface area contributed by atoms with E-state index < -0.39 is 0 Å². The first-order chi connectivity index (χ1) is 9.08. The van der Waals surface area contributed by atoms with Crippen LogP contribution in [0.3, 0.4) is 0 Å². The molecule has 4 nitrogen and oxygen atoms in total. The Hall–Kier alpha value is -0.710. The maximum absolute atomic E-state index is 12.6. The molecular weight excluding hydrogens is 260 g/mol. The van der Waals surface area contributed by atoms with Crippen LogP contribution in [0.2, 0.25) is 0 Å². The molecule has 0 aliphatic carbocycles. The summed E-state index contributed by atoms with van der Waals surface area (Å²) in [5.41, 5.74) is 0. The van der Waals surface area contributed by atoms with Crippen molar-refractivity contribution in [3.8, 4) is 0 Å². The minimum absolute atomic E-state index is 0.0185. The number of thioether (sulfide) groups is 1. The Morgan fingerprint density at radius 2 is 2.21 bits per heavy atom. The first kappa shape index (κ1) is 14.7. The second kappa shape index (κ2) is 6.64. The van der Waals surface area contributed by atoms with Crippen molar-refractivity contribution in [3.63, 3.8) is 0 Å². The molecule has 2 amide bonds. The van der Waals surface area contributed by atoms with Gasteiger partial charge in [0.1, 0.15) is 6.04 Å². The standard InChI is InChI=1S/C14H24N2O2S/c1-10(2)8-12-14(18)16(6-5-13(17)15-12)11-4-3-7-19-9-11/h10-12H,3-9H2,1-2H3,(H,15,17). The molecule has 2 fully saturated rings. The van der Waals surface area contributed by atoms with Crippen molar-refractivity contribution < 1.29 is 9.59 Å². The summed E-state index contributed by atoms with van der Waals surface area (Å²) in [7, 11) is 0. The van der Waals surface area contributed by atoms with E-state index in [1.807, 2.05) is 16.7 Å². The van der Waals surface area contributed by atoms with Gasteiger partial charge in [-0.25, -0.2) is 0 Å². The summed E-state index contributed by atoms with van der Waals surface area (Å²) in [4.78, 5) is 26.4. The molecule has 2 aliphatic rings. The third kappa shape index (κ3) is 3.88. The van der Waals surface area contributed by atoms with E-state index in [-0.39, 0.29) is 17.9 Å². The van der Waals surface area contributed by atoms with Crippen molar-refractivity contribution in [1.82, 2.24) is 10.2 Å². The first-order valence-corrected chi connectivity index (χ1v) is 8.41. The Bertz CT molecular complexity index is 340. The number of hydrogen-bond donors (Lipinski definition) is 1. The molecule has 5 heteroatoms. The summed E-state index contributed by atoms with van der Waals surface area (Å²) < 4.78 is 0. The Morgan fingerprint density at radius 3 is 2.84 bits per heavy atom. The van der Waals surface area contributed by atoms with Crippen molar-refractivity contribution in [2.24, 2.45) is 5.92 Å². The molecule has 2 aliphatic heterocycles. The molecule has 0 aromatic rings. The zero-order valence-electron chi connectivity index (χ0n) is 11.9. The van der Waals surface area contributed by atoms with E-state index in [4.69, 9.17) is 0 Å². The lowest BCUT2D eigenvalue weighted by atomic mass is 10.0. The zero-order chi connectivity index (χ0) is 13.8. The lowest BCUT2D eigenvalue weighted by Crippen LogP contribution is -2.50. The fraction of sp³-hybridized carbons (Fsp3) is 0.857. The van der Waals surface area contributed by atoms with E-state index >= 15 is 0 Å². The Morgan fingerprint density at radius 1 is 1.42 bits per heavy atom. The number of hydrogen-bond acceptors (Lipinski definition) is 3. The summed E-state index contributed by atoms with van der Waals surface area (Å²) in [5.74, 6) is 2.78. The third-order valence-corrected chi connectivity index (χ3v) is 4.98. The third-order valence-electron chi connectivity index (χ3n) is 3.78. The van der Waals surface area contributed by atoms with E-state index in [0.29, 0.717) is 24.9 Å². The second-order valence-corrected chi connectivity index (χ2v) is 7.05. The number of carbonyl (C=O) groups is 2. The van der Waals surface area contributed by atoms with E-state index in [9.17, 15) is 9.59 Å². The molecule has 1 N–H and O–H groups in total. The molecule has 2 atom stereocenters. The summed E-state index contributed by atoms with van der Waals surface area (Å²) in [6.07, 6.45) is 3.44. The van der Waals surface area contributed by atoms with Gasteiger partial charge in [-0.1, -0.05) is 13.8 Å². The van der Waals surface area contributed by atoms with Crippen LogP contribution in [0, 0.1) is 5.92 Å². The second-order valence-electron chi connectivity index (χ2n) is 5.90. The van der Waals surface area contributed by atoms with Crippen LogP contribution in [0.1, 0.15) is 39.5 Å². The topological polar surface area (TPSA) is 49.4 Å². The van der Waals surface area contributed by atoms with Crippen LogP contribution in [-0.4, -0.2) is 46.8 Å². The molecule has 2 saturated heterocycles. The largest absolute Gasteiger partial charge is 0.344 e. The molecule has 0 radical (unpaired) electrons. The van der Waals surface area contributed by atoms with E-state index in [1.54, 1.807) is 0 Å². The van der Waals surface area contributed by atoms with Crippen LogP contribution in [-0.2, 0) is 9.59 Å². The molecule has 0 aromatic heterocycles. The van der Waals surface area contributed by atoms with Crippen LogP contribution in [0.5, 0.6) is 0 Å². The highest BCUT2D eigenvalue weighted by Crippen LogP contribution is 2.24. The number of nitrogens with zero attached hydrogens (tertiary/aromatic N) is 1. The van der Waals surface area contributed by atoms with Crippen LogP contribution in [0.25, 0.3) is 0 Å². The van der Waals surface area contributed by atoms with Crippen LogP contribution < -0.4 is 5.32 Å². The monoisotopic (exact) mass is 284 g/mol. The number of rotatable bonds is 3. The van der Waals surface area contributed by atoms with Gasteiger partial charge in [-0.3, -0.25) is 9.59 Å². The molecule has 108 valence electrons. The Balaban J connectivity index is 2.08. The van der Waals surface area contributed by atoms with Crippen molar-refractivity contribution in [2.75, 3.05) is 18.1 Å². The molecular formula is C14H24N2O2S. The molecule has 19 heavy (non-hydrogen) atoms. The smallest absolute Gasteiger partial charge is 0.245 e. The normalized spacial score (nSPS) is 29.3. The van der Waals surface area contributed by atoms with Gasteiger partial charge in [0.05, 0.1) is 0 Å². The van der Waals surface area contributed by atoms with Crippen LogP contribution in [0.4, 0.5) is 0 Å². The van der Waals surface area contributed by atoms with Gasteiger partial charge in [0.25, 0.3) is 0 Å². The van der Waals surface area contributed by atoms with Gasteiger partial charge in [0.15, 0.2) is 0 Å². The Labute approximate surface area is 119 Å². The van der Waals surface area contributed by atoms with Crippen molar-refractivity contribution in [3.05, 3.63) is 0 Å². The van der Waals surface area contributed by atoms with E-state index in [1.165, 1.54) is 12.2 Å². The van der Waals surface area contributed by atoms with Crippen molar-refractivity contribution in [1.29, 1.82) is 0 Å². The number of carbonyl (C=O) groups excluding carboxylic acids is 2. The molecule has 0 aromatic carbocycles. The van der Waals surface area contributed by atoms with E-state index in [2.05, 4.69) is 19.2 Å². The van der Waals surface area contributed by atoms with Gasteiger partial charge in [-0.15, -0.1) is 0 Å². The minimum Gasteiger partial charge on any atom is -0.344 e. The quantitative estimate of drug-likeness (QED) is 0.857. The molecule has 2 heterocycles. The highest BCUT2D eigenvalue weighted by Gasteiger charge is 2.34. The summed E-state index contributed by atoms with van der Waals surface area (Å²) in [5, 5.41) is 2.89. The molecule has 2 rings (SSSR count). The summed E-state index contributed by atoms with van der Waals surface area (Å²) in [6, 6.07) is 0.00976.